The molecule has 0 amide bonds. The highest BCUT2D eigenvalue weighted by Crippen LogP contribution is 2.34. The minimum atomic E-state index is -0.860. The molecule has 1 aromatic carbocycles. The van der Waals surface area contributed by atoms with Gasteiger partial charge in [-0.05, 0) is 31.9 Å². The number of rotatable bonds is 5. The van der Waals surface area contributed by atoms with Crippen molar-refractivity contribution in [3.8, 4) is 5.75 Å². The van der Waals surface area contributed by atoms with Crippen molar-refractivity contribution in [2.45, 2.75) is 51.0 Å². The van der Waals surface area contributed by atoms with Crippen LogP contribution in [0.5, 0.6) is 5.75 Å². The molecule has 0 atom stereocenters. The number of carbonyl (C=O) groups is 1. The number of methoxy groups -OCH3 is 1. The second-order valence-corrected chi connectivity index (χ2v) is 5.52. The molecule has 0 saturated heterocycles. The minimum Gasteiger partial charge on any atom is -0.497 e. The van der Waals surface area contributed by atoms with E-state index in [1.165, 1.54) is 19.2 Å². The summed E-state index contributed by atoms with van der Waals surface area (Å²) in [4.78, 5) is 12.9. The lowest BCUT2D eigenvalue weighted by atomic mass is 9.85. The van der Waals surface area contributed by atoms with Gasteiger partial charge in [0.15, 0.2) is 5.78 Å². The van der Waals surface area contributed by atoms with Crippen molar-refractivity contribution >= 4 is 5.78 Å². The fraction of sp³-hybridized carbons (Fsp3) is 0.588. The van der Waals surface area contributed by atoms with Gasteiger partial charge in [0.1, 0.15) is 17.2 Å². The molecule has 1 saturated carbocycles. The highest BCUT2D eigenvalue weighted by molar-refractivity contribution is 6.02. The second-order valence-electron chi connectivity index (χ2n) is 5.52. The van der Waals surface area contributed by atoms with E-state index in [9.17, 15) is 9.18 Å². The molecule has 0 aromatic heterocycles. The van der Waals surface area contributed by atoms with Crippen LogP contribution in [0.15, 0.2) is 18.2 Å². The van der Waals surface area contributed by atoms with E-state index in [1.54, 1.807) is 6.07 Å². The molecule has 4 heteroatoms. The number of benzene rings is 1. The van der Waals surface area contributed by atoms with Gasteiger partial charge in [-0.2, -0.15) is 0 Å². The fourth-order valence-electron chi connectivity index (χ4n) is 3.07. The fourth-order valence-corrected chi connectivity index (χ4v) is 3.07. The van der Waals surface area contributed by atoms with Gasteiger partial charge in [-0.3, -0.25) is 4.79 Å². The van der Waals surface area contributed by atoms with E-state index in [0.717, 1.165) is 25.7 Å². The molecule has 1 fully saturated rings. The molecule has 1 aliphatic rings. The van der Waals surface area contributed by atoms with Gasteiger partial charge in [-0.15, -0.1) is 0 Å². The van der Waals surface area contributed by atoms with Crippen LogP contribution in [0.1, 0.15) is 55.8 Å². The summed E-state index contributed by atoms with van der Waals surface area (Å²) in [5, 5.41) is 0. The van der Waals surface area contributed by atoms with Crippen LogP contribution in [0, 0.1) is 5.82 Å². The van der Waals surface area contributed by atoms with Crippen molar-refractivity contribution in [2.24, 2.45) is 0 Å². The van der Waals surface area contributed by atoms with E-state index in [2.05, 4.69) is 0 Å². The van der Waals surface area contributed by atoms with Gasteiger partial charge < -0.3 is 9.47 Å². The topological polar surface area (TPSA) is 35.5 Å². The first-order chi connectivity index (χ1) is 10.1. The molecule has 21 heavy (non-hydrogen) atoms. The zero-order chi connectivity index (χ0) is 15.3. The average molecular weight is 294 g/mol. The molecule has 0 spiro atoms. The SMILES string of the molecule is CCOC1(C(=O)c2ccc(OC)cc2F)CCCCCC1. The minimum absolute atomic E-state index is 0.103. The third-order valence-electron chi connectivity index (χ3n) is 4.17. The second kappa shape index (κ2) is 7.03. The van der Waals surface area contributed by atoms with Crippen molar-refractivity contribution < 1.29 is 18.7 Å². The van der Waals surface area contributed by atoms with Crippen LogP contribution >= 0.6 is 0 Å². The number of hydrogen-bond acceptors (Lipinski definition) is 3. The maximum Gasteiger partial charge on any atom is 0.197 e. The summed E-state index contributed by atoms with van der Waals surface area (Å²) in [6.45, 7) is 2.34. The molecule has 0 bridgehead atoms. The highest BCUT2D eigenvalue weighted by Gasteiger charge is 2.40. The Bertz CT molecular complexity index is 491. The van der Waals surface area contributed by atoms with Crippen molar-refractivity contribution in [1.82, 2.24) is 0 Å². The van der Waals surface area contributed by atoms with Crippen LogP contribution in [0.2, 0.25) is 0 Å². The molecular weight excluding hydrogens is 271 g/mol. The molecule has 0 radical (unpaired) electrons. The molecule has 1 aromatic rings. The van der Waals surface area contributed by atoms with E-state index in [4.69, 9.17) is 9.47 Å². The molecular formula is C17H23FO3. The first-order valence-corrected chi connectivity index (χ1v) is 7.65. The lowest BCUT2D eigenvalue weighted by Gasteiger charge is -2.31. The maximum absolute atomic E-state index is 14.2. The number of ketones is 1. The Labute approximate surface area is 125 Å². The zero-order valence-electron chi connectivity index (χ0n) is 12.8. The van der Waals surface area contributed by atoms with Gasteiger partial charge in [-0.25, -0.2) is 4.39 Å². The molecule has 0 N–H and O–H groups in total. The van der Waals surface area contributed by atoms with Crippen molar-refractivity contribution in [2.75, 3.05) is 13.7 Å². The Morgan fingerprint density at radius 1 is 1.24 bits per heavy atom. The first kappa shape index (κ1) is 16.0. The van der Waals surface area contributed by atoms with Crippen LogP contribution in [0.4, 0.5) is 4.39 Å². The van der Waals surface area contributed by atoms with Gasteiger partial charge >= 0.3 is 0 Å². The standard InChI is InChI=1S/C17H23FO3/c1-3-21-17(10-6-4-5-7-11-17)16(19)14-9-8-13(20-2)12-15(14)18/h8-9,12H,3-7,10-11H2,1-2H3. The molecule has 3 nitrogen and oxygen atoms in total. The third kappa shape index (κ3) is 3.43. The van der Waals surface area contributed by atoms with Crippen LogP contribution in [0.3, 0.4) is 0 Å². The number of Topliss-reactive ketones (excluding diaryl/α,β-unsaturated/α-hetero) is 1. The van der Waals surface area contributed by atoms with Gasteiger partial charge in [-0.1, -0.05) is 25.7 Å². The lowest BCUT2D eigenvalue weighted by molar-refractivity contribution is -0.0295. The van der Waals surface area contributed by atoms with Crippen molar-refractivity contribution in [3.05, 3.63) is 29.6 Å². The van der Waals surface area contributed by atoms with Crippen LogP contribution in [0.25, 0.3) is 0 Å². The lowest BCUT2D eigenvalue weighted by Crippen LogP contribution is -2.41. The first-order valence-electron chi connectivity index (χ1n) is 7.65. The Hall–Kier alpha value is -1.42. The number of halogens is 1. The zero-order valence-corrected chi connectivity index (χ0v) is 12.8. The van der Waals surface area contributed by atoms with Crippen molar-refractivity contribution in [1.29, 1.82) is 0 Å². The van der Waals surface area contributed by atoms with E-state index < -0.39 is 11.4 Å². The smallest absolute Gasteiger partial charge is 0.197 e. The molecule has 2 rings (SSSR count). The Balaban J connectivity index is 2.33. The summed E-state index contributed by atoms with van der Waals surface area (Å²) in [5.41, 5.74) is -0.758. The maximum atomic E-state index is 14.2. The average Bonchev–Trinajstić information content (AvgIpc) is 2.73. The van der Waals surface area contributed by atoms with E-state index in [-0.39, 0.29) is 11.3 Å². The highest BCUT2D eigenvalue weighted by atomic mass is 19.1. The summed E-state index contributed by atoms with van der Waals surface area (Å²) in [6, 6.07) is 4.37. The summed E-state index contributed by atoms with van der Waals surface area (Å²) in [7, 11) is 1.48. The third-order valence-corrected chi connectivity index (χ3v) is 4.17. The normalized spacial score (nSPS) is 18.0. The molecule has 0 heterocycles. The monoisotopic (exact) mass is 294 g/mol. The van der Waals surface area contributed by atoms with Gasteiger partial charge in [0, 0.05) is 12.7 Å². The summed E-state index contributed by atoms with van der Waals surface area (Å²) in [5.74, 6) is -0.357. The Morgan fingerprint density at radius 3 is 2.43 bits per heavy atom. The van der Waals surface area contributed by atoms with Gasteiger partial charge in [0.05, 0.1) is 12.7 Å². The quantitative estimate of drug-likeness (QED) is 0.604. The summed E-state index contributed by atoms with van der Waals surface area (Å²) < 4.78 is 25.0. The van der Waals surface area contributed by atoms with E-state index >= 15 is 0 Å². The van der Waals surface area contributed by atoms with Crippen molar-refractivity contribution in [3.63, 3.8) is 0 Å². The number of ether oxygens (including phenoxy) is 2. The molecule has 0 unspecified atom stereocenters. The van der Waals surface area contributed by atoms with Crippen LogP contribution in [-0.4, -0.2) is 25.1 Å². The van der Waals surface area contributed by atoms with E-state index in [1.807, 2.05) is 6.92 Å². The largest absolute Gasteiger partial charge is 0.497 e. The molecule has 1 aliphatic carbocycles. The Kier molecular flexibility index (Phi) is 5.34. The van der Waals surface area contributed by atoms with Gasteiger partial charge in [0.25, 0.3) is 0 Å². The van der Waals surface area contributed by atoms with Gasteiger partial charge in [0.2, 0.25) is 0 Å². The summed E-state index contributed by atoms with van der Waals surface area (Å²) in [6.07, 6.45) is 5.45. The molecule has 116 valence electrons. The number of hydrogen-bond donors (Lipinski definition) is 0. The molecule has 0 aliphatic heterocycles. The van der Waals surface area contributed by atoms with Crippen LogP contribution in [-0.2, 0) is 4.74 Å². The Morgan fingerprint density at radius 2 is 1.90 bits per heavy atom. The summed E-state index contributed by atoms with van der Waals surface area (Å²) >= 11 is 0. The number of carbonyl (C=O) groups excluding carboxylic acids is 1. The predicted molar refractivity (Wildman–Crippen MR) is 79.3 cm³/mol. The predicted octanol–water partition coefficient (Wildman–Crippen LogP) is 4.15. The van der Waals surface area contributed by atoms with Crippen LogP contribution < -0.4 is 4.74 Å². The van der Waals surface area contributed by atoms with E-state index in [0.29, 0.717) is 25.2 Å².